The molecule has 3 heterocycles. The van der Waals surface area contributed by atoms with Gasteiger partial charge in [-0.05, 0) is 74.3 Å². The molecule has 8 nitrogen and oxygen atoms in total. The number of carbonyl (C=O) groups excluding carboxylic acids is 2. The van der Waals surface area contributed by atoms with Crippen molar-refractivity contribution in [2.75, 3.05) is 17.9 Å². The summed E-state index contributed by atoms with van der Waals surface area (Å²) in [7, 11) is -2.17. The first-order chi connectivity index (χ1) is 22.4. The van der Waals surface area contributed by atoms with Crippen LogP contribution >= 0.6 is 0 Å². The van der Waals surface area contributed by atoms with Gasteiger partial charge in [0.1, 0.15) is 4.75 Å². The molecule has 3 aromatic carbocycles. The molecule has 47 heavy (non-hydrogen) atoms. The summed E-state index contributed by atoms with van der Waals surface area (Å²) in [5.74, 6) is -1.39. The summed E-state index contributed by atoms with van der Waals surface area (Å²) in [4.78, 5) is 29.9. The van der Waals surface area contributed by atoms with Crippen LogP contribution in [0.3, 0.4) is 0 Å². The van der Waals surface area contributed by atoms with Gasteiger partial charge in [0.05, 0.1) is 23.2 Å². The Hall–Kier alpha value is -3.95. The number of carbonyl (C=O) groups is 2. The summed E-state index contributed by atoms with van der Waals surface area (Å²) < 4.78 is 29.6. The predicted molar refractivity (Wildman–Crippen MR) is 186 cm³/mol. The molecule has 3 atom stereocenters. The molecule has 2 aliphatic rings. The van der Waals surface area contributed by atoms with Crippen molar-refractivity contribution >= 4 is 38.3 Å². The van der Waals surface area contributed by atoms with Crippen molar-refractivity contribution in [1.82, 2.24) is 9.47 Å². The molecule has 1 fully saturated rings. The molecule has 1 aromatic heterocycles. The smallest absolute Gasteiger partial charge is 0.241 e. The van der Waals surface area contributed by atoms with Crippen molar-refractivity contribution in [1.29, 1.82) is 0 Å². The van der Waals surface area contributed by atoms with E-state index in [1.165, 1.54) is 4.31 Å². The number of aliphatic hydroxyl groups is 1. The maximum Gasteiger partial charge on any atom is 0.241 e. The summed E-state index contributed by atoms with van der Waals surface area (Å²) in [5.41, 5.74) is 4.77. The highest BCUT2D eigenvalue weighted by Crippen LogP contribution is 2.41. The Kier molecular flexibility index (Phi) is 9.06. The number of nitrogens with zero attached hydrogens (tertiary/aromatic N) is 3. The first-order valence-corrected chi connectivity index (χ1v) is 18.1. The predicted octanol–water partition coefficient (Wildman–Crippen LogP) is 5.99. The Morgan fingerprint density at radius 1 is 1.02 bits per heavy atom. The molecule has 248 valence electrons. The fraction of sp³-hybridized carbons (Fsp3) is 0.421. The van der Waals surface area contributed by atoms with Crippen molar-refractivity contribution in [3.8, 4) is 0 Å². The first kappa shape index (κ1) is 33.0. The van der Waals surface area contributed by atoms with Gasteiger partial charge in [0, 0.05) is 50.2 Å². The number of hydrogen-bond acceptors (Lipinski definition) is 5. The maximum atomic E-state index is 14.3. The molecule has 4 aromatic rings. The highest BCUT2D eigenvalue weighted by atomic mass is 32.2. The minimum Gasteiger partial charge on any atom is -0.392 e. The Bertz CT molecular complexity index is 1880. The molecule has 0 spiro atoms. The van der Waals surface area contributed by atoms with E-state index in [2.05, 4.69) is 6.92 Å². The van der Waals surface area contributed by atoms with Crippen LogP contribution in [0, 0.1) is 11.8 Å². The molecule has 1 saturated heterocycles. The van der Waals surface area contributed by atoms with Crippen LogP contribution in [0.4, 0.5) is 5.69 Å². The van der Waals surface area contributed by atoms with Crippen LogP contribution in [-0.4, -0.2) is 59.1 Å². The summed E-state index contributed by atoms with van der Waals surface area (Å²) in [5, 5.41) is 12.8. The van der Waals surface area contributed by atoms with Gasteiger partial charge in [-0.15, -0.1) is 0 Å². The third-order valence-corrected chi connectivity index (χ3v) is 12.6. The Morgan fingerprint density at radius 3 is 2.34 bits per heavy atom. The number of anilines is 1. The molecule has 1 N–H and O–H groups in total. The zero-order chi connectivity index (χ0) is 33.5. The number of likely N-dealkylation sites (tertiary alicyclic amines) is 1. The topological polar surface area (TPSA) is 99.9 Å². The molecular weight excluding hydrogens is 611 g/mol. The van der Waals surface area contributed by atoms with Crippen LogP contribution in [0.25, 0.3) is 10.9 Å². The van der Waals surface area contributed by atoms with Crippen molar-refractivity contribution in [3.05, 3.63) is 101 Å². The average molecular weight is 656 g/mol. The second-order valence-corrected chi connectivity index (χ2v) is 16.4. The zero-order valence-electron chi connectivity index (χ0n) is 27.7. The van der Waals surface area contributed by atoms with Crippen LogP contribution in [-0.2, 0) is 40.7 Å². The third-order valence-electron chi connectivity index (χ3n) is 10.2. The second kappa shape index (κ2) is 12.9. The van der Waals surface area contributed by atoms with Gasteiger partial charge in [-0.1, -0.05) is 67.6 Å². The number of aromatic nitrogens is 1. The molecule has 9 heteroatoms. The van der Waals surface area contributed by atoms with Gasteiger partial charge in [0.15, 0.2) is 5.78 Å². The number of amides is 1. The summed E-state index contributed by atoms with van der Waals surface area (Å²) in [6.07, 6.45) is 3.52. The number of piperidine rings is 1. The number of Topliss-reactive ketones (excluding diaryl/α,β-unsaturated/α-hetero) is 1. The Balaban J connectivity index is 1.33. The lowest BCUT2D eigenvalue weighted by atomic mass is 9.79. The highest BCUT2D eigenvalue weighted by Gasteiger charge is 2.43. The largest absolute Gasteiger partial charge is 0.392 e. The fourth-order valence-electron chi connectivity index (χ4n) is 7.45. The summed E-state index contributed by atoms with van der Waals surface area (Å²) in [6.45, 7) is 6.95. The van der Waals surface area contributed by atoms with E-state index in [4.69, 9.17) is 0 Å². The van der Waals surface area contributed by atoms with Gasteiger partial charge in [-0.25, -0.2) is 8.42 Å². The second-order valence-electron chi connectivity index (χ2n) is 13.8. The molecule has 6 rings (SSSR count). The lowest BCUT2D eigenvalue weighted by molar-refractivity contribution is -0.145. The van der Waals surface area contributed by atoms with Gasteiger partial charge in [-0.3, -0.25) is 13.9 Å². The van der Waals surface area contributed by atoms with Gasteiger partial charge in [-0.2, -0.15) is 0 Å². The van der Waals surface area contributed by atoms with E-state index in [0.29, 0.717) is 43.7 Å². The van der Waals surface area contributed by atoms with Crippen molar-refractivity contribution in [2.45, 2.75) is 76.8 Å². The Morgan fingerprint density at radius 2 is 1.68 bits per heavy atom. The lowest BCUT2D eigenvalue weighted by Gasteiger charge is -2.37. The molecule has 1 amide bonds. The van der Waals surface area contributed by atoms with Crippen LogP contribution in [0.15, 0.2) is 79.0 Å². The van der Waals surface area contributed by atoms with Crippen molar-refractivity contribution in [3.63, 3.8) is 0 Å². The van der Waals surface area contributed by atoms with E-state index >= 15 is 0 Å². The molecular formula is C38H45N3O5S. The minimum atomic E-state index is -3.73. The molecule has 0 aliphatic carbocycles. The summed E-state index contributed by atoms with van der Waals surface area (Å²) >= 11 is 0. The van der Waals surface area contributed by atoms with E-state index in [1.54, 1.807) is 27.0 Å². The average Bonchev–Trinajstić information content (AvgIpc) is 3.39. The van der Waals surface area contributed by atoms with E-state index < -0.39 is 32.7 Å². The zero-order valence-corrected chi connectivity index (χ0v) is 28.5. The monoisotopic (exact) mass is 655 g/mol. The van der Waals surface area contributed by atoms with Crippen LogP contribution in [0.2, 0.25) is 0 Å². The van der Waals surface area contributed by atoms with Gasteiger partial charge >= 0.3 is 0 Å². The van der Waals surface area contributed by atoms with Gasteiger partial charge in [0.25, 0.3) is 0 Å². The SMILES string of the molecule is CCc1cn2c3c(cc(C(=O)C[C@@H](Cc4ccccc4)[C@H](O)[C@@H]4CCCN(Cc5ccccc5)C4=O)cc13)N(C)S(=O)(=O)C(C)(C)C2. The standard InChI is InChI=1S/C38H45N3O5S/c1-5-28-24-41-25-38(2,3)47(45,46)39(4)33-21-29(20-32(28)35(33)41)34(42)22-30(19-26-13-8-6-9-14-26)36(43)31-17-12-18-40(37(31)44)23-27-15-10-7-11-16-27/h6-11,13-16,20-21,24,30-31,36,43H,5,12,17-19,22-23,25H2,1-4H3/t30-,31+,36+/m1/s1. The van der Waals surface area contributed by atoms with E-state index in [-0.39, 0.29) is 18.1 Å². The van der Waals surface area contributed by atoms with E-state index in [0.717, 1.165) is 40.4 Å². The Labute approximate surface area is 278 Å². The van der Waals surface area contributed by atoms with Crippen LogP contribution in [0.1, 0.15) is 67.1 Å². The number of benzene rings is 3. The molecule has 0 radical (unpaired) electrons. The maximum absolute atomic E-state index is 14.3. The van der Waals surface area contributed by atoms with E-state index in [9.17, 15) is 23.1 Å². The number of aryl methyl sites for hydroxylation is 1. The number of aliphatic hydroxyl groups excluding tert-OH is 1. The quantitative estimate of drug-likeness (QED) is 0.212. The number of ketones is 1. The van der Waals surface area contributed by atoms with Crippen molar-refractivity contribution < 1.29 is 23.1 Å². The van der Waals surface area contributed by atoms with Gasteiger partial charge < -0.3 is 14.6 Å². The first-order valence-electron chi connectivity index (χ1n) is 16.6. The third kappa shape index (κ3) is 6.23. The fourth-order valence-corrected chi connectivity index (χ4v) is 8.89. The van der Waals surface area contributed by atoms with E-state index in [1.807, 2.05) is 82.4 Å². The molecule has 0 unspecified atom stereocenters. The normalized spacial score (nSPS) is 20.2. The number of sulfonamides is 1. The minimum absolute atomic E-state index is 0.0214. The van der Waals surface area contributed by atoms with Crippen LogP contribution < -0.4 is 4.31 Å². The molecule has 0 bridgehead atoms. The highest BCUT2D eigenvalue weighted by molar-refractivity contribution is 7.94. The number of hydrogen-bond donors (Lipinski definition) is 1. The number of rotatable bonds is 10. The molecule has 2 aliphatic heterocycles. The lowest BCUT2D eigenvalue weighted by Crippen LogP contribution is -2.47. The van der Waals surface area contributed by atoms with Crippen LogP contribution in [0.5, 0.6) is 0 Å². The van der Waals surface area contributed by atoms with Crippen molar-refractivity contribution in [2.24, 2.45) is 11.8 Å². The summed E-state index contributed by atoms with van der Waals surface area (Å²) in [6, 6.07) is 23.2. The molecule has 0 saturated carbocycles. The van der Waals surface area contributed by atoms with Gasteiger partial charge in [0.2, 0.25) is 15.9 Å².